The number of fused-ring (bicyclic) bond motifs is 1. The smallest absolute Gasteiger partial charge is 0.124 e. The molecule has 0 aliphatic heterocycles. The van der Waals surface area contributed by atoms with Crippen LogP contribution in [0.25, 0.3) is 11.0 Å². The lowest BCUT2D eigenvalue weighted by Gasteiger charge is -2.09. The fourth-order valence-electron chi connectivity index (χ4n) is 2.70. The number of nitrogens with zero attached hydrogens (tertiary/aromatic N) is 2. The number of aromatic nitrogens is 2. The van der Waals surface area contributed by atoms with Gasteiger partial charge in [0, 0.05) is 12.6 Å². The van der Waals surface area contributed by atoms with E-state index in [-0.39, 0.29) is 0 Å². The molecular weight excluding hydrogens is 260 g/mol. The Labute approximate surface area is 118 Å². The van der Waals surface area contributed by atoms with Crippen LogP contribution in [0.15, 0.2) is 18.2 Å². The van der Waals surface area contributed by atoms with E-state index in [1.165, 1.54) is 6.42 Å². The van der Waals surface area contributed by atoms with Crippen LogP contribution in [0.4, 0.5) is 0 Å². The normalized spacial score (nSPS) is 20.7. The molecule has 1 aliphatic rings. The Morgan fingerprint density at radius 2 is 2.21 bits per heavy atom. The maximum absolute atomic E-state index is 6.04. The van der Waals surface area contributed by atoms with Crippen LogP contribution in [0.5, 0.6) is 5.75 Å². The summed E-state index contributed by atoms with van der Waals surface area (Å²) in [6.45, 7) is 5.65. The molecule has 0 radical (unpaired) electrons. The Morgan fingerprint density at radius 1 is 1.47 bits per heavy atom. The highest BCUT2D eigenvalue weighted by Gasteiger charge is 2.45. The summed E-state index contributed by atoms with van der Waals surface area (Å²) >= 11 is 6.04. The van der Waals surface area contributed by atoms with Gasteiger partial charge in [-0.25, -0.2) is 4.98 Å². The monoisotopic (exact) mass is 278 g/mol. The molecule has 1 atom stereocenters. The molecule has 1 aromatic heterocycles. The zero-order chi connectivity index (χ0) is 13.6. The second-order valence-corrected chi connectivity index (χ2v) is 6.28. The SMILES string of the molecule is COc1ccc2c(c1)nc(CCl)n2CC1CC1(C)C. The fraction of sp³-hybridized carbons (Fsp3) is 0.533. The molecule has 1 saturated carbocycles. The van der Waals surface area contributed by atoms with Crippen molar-refractivity contribution in [1.29, 1.82) is 0 Å². The van der Waals surface area contributed by atoms with E-state index in [1.807, 2.05) is 12.1 Å². The molecule has 0 amide bonds. The first-order valence-electron chi connectivity index (χ1n) is 6.64. The number of ether oxygens (including phenoxy) is 1. The second kappa shape index (κ2) is 4.41. The largest absolute Gasteiger partial charge is 0.497 e. The molecule has 1 aliphatic carbocycles. The fourth-order valence-corrected chi connectivity index (χ4v) is 2.90. The van der Waals surface area contributed by atoms with Crippen molar-refractivity contribution in [1.82, 2.24) is 9.55 Å². The van der Waals surface area contributed by atoms with Gasteiger partial charge >= 0.3 is 0 Å². The van der Waals surface area contributed by atoms with Crippen molar-refractivity contribution in [3.05, 3.63) is 24.0 Å². The van der Waals surface area contributed by atoms with Crippen LogP contribution < -0.4 is 4.74 Å². The maximum Gasteiger partial charge on any atom is 0.124 e. The zero-order valence-electron chi connectivity index (χ0n) is 11.6. The van der Waals surface area contributed by atoms with Gasteiger partial charge in [0.1, 0.15) is 11.6 Å². The molecule has 1 heterocycles. The molecule has 1 aromatic carbocycles. The Bertz CT molecular complexity index is 618. The van der Waals surface area contributed by atoms with E-state index in [1.54, 1.807) is 7.11 Å². The third-order valence-electron chi connectivity index (χ3n) is 4.27. The third-order valence-corrected chi connectivity index (χ3v) is 4.51. The summed E-state index contributed by atoms with van der Waals surface area (Å²) in [6, 6.07) is 6.03. The Hall–Kier alpha value is -1.22. The van der Waals surface area contributed by atoms with Crippen molar-refractivity contribution < 1.29 is 4.74 Å². The van der Waals surface area contributed by atoms with E-state index in [0.29, 0.717) is 11.3 Å². The highest BCUT2D eigenvalue weighted by molar-refractivity contribution is 6.16. The average Bonchev–Trinajstić information content (AvgIpc) is 2.84. The molecule has 3 nitrogen and oxygen atoms in total. The number of halogens is 1. The van der Waals surface area contributed by atoms with Crippen LogP contribution >= 0.6 is 11.6 Å². The van der Waals surface area contributed by atoms with Crippen LogP contribution in [0.2, 0.25) is 0 Å². The van der Waals surface area contributed by atoms with Crippen molar-refractivity contribution in [2.75, 3.05) is 7.11 Å². The van der Waals surface area contributed by atoms with Gasteiger partial charge in [-0.1, -0.05) is 13.8 Å². The highest BCUT2D eigenvalue weighted by Crippen LogP contribution is 2.52. The molecule has 1 fully saturated rings. The van der Waals surface area contributed by atoms with Crippen molar-refractivity contribution in [3.63, 3.8) is 0 Å². The minimum absolute atomic E-state index is 0.449. The van der Waals surface area contributed by atoms with Crippen LogP contribution in [-0.2, 0) is 12.4 Å². The van der Waals surface area contributed by atoms with Gasteiger partial charge < -0.3 is 9.30 Å². The summed E-state index contributed by atoms with van der Waals surface area (Å²) in [7, 11) is 1.67. The molecule has 3 rings (SSSR count). The summed E-state index contributed by atoms with van der Waals surface area (Å²) in [5, 5.41) is 0. The topological polar surface area (TPSA) is 27.1 Å². The lowest BCUT2D eigenvalue weighted by Crippen LogP contribution is -2.06. The summed E-state index contributed by atoms with van der Waals surface area (Å²) in [5.41, 5.74) is 2.58. The Morgan fingerprint density at radius 3 is 2.79 bits per heavy atom. The zero-order valence-corrected chi connectivity index (χ0v) is 12.4. The number of benzene rings is 1. The molecule has 0 saturated heterocycles. The molecular formula is C15H19ClN2O. The van der Waals surface area contributed by atoms with Gasteiger partial charge in [0.05, 0.1) is 24.0 Å². The number of hydrogen-bond donors (Lipinski definition) is 0. The quantitative estimate of drug-likeness (QED) is 0.795. The lowest BCUT2D eigenvalue weighted by atomic mass is 10.1. The molecule has 19 heavy (non-hydrogen) atoms. The molecule has 1 unspecified atom stereocenters. The van der Waals surface area contributed by atoms with Crippen LogP contribution in [-0.4, -0.2) is 16.7 Å². The second-order valence-electron chi connectivity index (χ2n) is 6.02. The van der Waals surface area contributed by atoms with Crippen LogP contribution in [0.3, 0.4) is 0 Å². The average molecular weight is 279 g/mol. The third kappa shape index (κ3) is 2.20. The van der Waals surface area contributed by atoms with Crippen molar-refractivity contribution >= 4 is 22.6 Å². The molecule has 0 N–H and O–H groups in total. The van der Waals surface area contributed by atoms with Crippen molar-refractivity contribution in [3.8, 4) is 5.75 Å². The Kier molecular flexibility index (Phi) is 2.97. The van der Waals surface area contributed by atoms with E-state index < -0.39 is 0 Å². The molecule has 102 valence electrons. The summed E-state index contributed by atoms with van der Waals surface area (Å²) in [5.74, 6) is 2.97. The van der Waals surface area contributed by atoms with Gasteiger partial charge in [0.15, 0.2) is 0 Å². The van der Waals surface area contributed by atoms with Gasteiger partial charge in [-0.15, -0.1) is 11.6 Å². The first-order valence-corrected chi connectivity index (χ1v) is 7.18. The van der Waals surface area contributed by atoms with Crippen LogP contribution in [0.1, 0.15) is 26.1 Å². The van der Waals surface area contributed by atoms with E-state index >= 15 is 0 Å². The van der Waals surface area contributed by atoms with Crippen molar-refractivity contribution in [2.24, 2.45) is 11.3 Å². The minimum Gasteiger partial charge on any atom is -0.497 e. The summed E-state index contributed by atoms with van der Waals surface area (Å²) in [6.07, 6.45) is 1.28. The highest BCUT2D eigenvalue weighted by atomic mass is 35.5. The number of rotatable bonds is 4. The van der Waals surface area contributed by atoms with E-state index in [9.17, 15) is 0 Å². The predicted octanol–water partition coefficient (Wildman–Crippen LogP) is 3.83. The Balaban J connectivity index is 2.01. The number of alkyl halides is 1. The molecule has 2 aromatic rings. The molecule has 0 spiro atoms. The summed E-state index contributed by atoms with van der Waals surface area (Å²) < 4.78 is 7.51. The molecule has 0 bridgehead atoms. The van der Waals surface area contributed by atoms with Gasteiger partial charge in [-0.05, 0) is 29.9 Å². The first kappa shape index (κ1) is 12.8. The number of imidazole rings is 1. The van der Waals surface area contributed by atoms with Gasteiger partial charge in [-0.2, -0.15) is 0 Å². The lowest BCUT2D eigenvalue weighted by molar-refractivity contribution is 0.415. The maximum atomic E-state index is 6.04. The van der Waals surface area contributed by atoms with Gasteiger partial charge in [0.25, 0.3) is 0 Å². The van der Waals surface area contributed by atoms with E-state index in [0.717, 1.165) is 35.1 Å². The number of hydrogen-bond acceptors (Lipinski definition) is 2. The molecule has 4 heteroatoms. The predicted molar refractivity (Wildman–Crippen MR) is 77.7 cm³/mol. The van der Waals surface area contributed by atoms with Crippen LogP contribution in [0, 0.1) is 11.3 Å². The summed E-state index contributed by atoms with van der Waals surface area (Å²) in [4.78, 5) is 4.62. The first-order chi connectivity index (χ1) is 9.05. The number of methoxy groups -OCH3 is 1. The van der Waals surface area contributed by atoms with E-state index in [4.69, 9.17) is 16.3 Å². The van der Waals surface area contributed by atoms with E-state index in [2.05, 4.69) is 29.5 Å². The van der Waals surface area contributed by atoms with Gasteiger partial charge in [0.2, 0.25) is 0 Å². The van der Waals surface area contributed by atoms with Crippen molar-refractivity contribution in [2.45, 2.75) is 32.7 Å². The van der Waals surface area contributed by atoms with Gasteiger partial charge in [-0.3, -0.25) is 0 Å². The minimum atomic E-state index is 0.449. The standard InChI is InChI=1S/C15H19ClN2O/c1-15(2)7-10(15)9-18-13-5-4-11(19-3)6-12(13)17-14(18)8-16/h4-6,10H,7-9H2,1-3H3.